The van der Waals surface area contributed by atoms with E-state index in [1.165, 1.54) is 96.3 Å². The van der Waals surface area contributed by atoms with E-state index < -0.39 is 5.79 Å². The molecule has 0 fully saturated rings. The fraction of sp³-hybridized carbons (Fsp3) is 0.778. The first-order chi connectivity index (χ1) is 14.2. The van der Waals surface area contributed by atoms with E-state index in [0.717, 1.165) is 5.56 Å². The van der Waals surface area contributed by atoms with Gasteiger partial charge < -0.3 is 9.47 Å². The number of benzene rings is 1. The normalized spacial score (nSPS) is 13.0. The fourth-order valence-corrected chi connectivity index (χ4v) is 4.60. The number of unbranched alkanes of at least 4 members (excludes halogenated alkanes) is 11. The lowest BCUT2D eigenvalue weighted by atomic mass is 9.83. The van der Waals surface area contributed by atoms with Gasteiger partial charge in [-0.3, -0.25) is 0 Å². The van der Waals surface area contributed by atoms with Crippen molar-refractivity contribution in [3.8, 4) is 0 Å². The van der Waals surface area contributed by atoms with Gasteiger partial charge in [0.05, 0.1) is 0 Å². The molecule has 0 spiro atoms. The minimum absolute atomic E-state index is 0.404. The molecular weight excluding hydrogens is 356 g/mol. The smallest absolute Gasteiger partial charge is 0.197 e. The Kier molecular flexibility index (Phi) is 15.2. The topological polar surface area (TPSA) is 18.5 Å². The third kappa shape index (κ3) is 9.66. The Hall–Kier alpha value is -0.860. The first kappa shape index (κ1) is 26.2. The van der Waals surface area contributed by atoms with Gasteiger partial charge >= 0.3 is 0 Å². The molecule has 0 aliphatic rings. The molecule has 0 heterocycles. The predicted octanol–water partition coefficient (Wildman–Crippen LogP) is 8.64. The van der Waals surface area contributed by atoms with Crippen LogP contribution in [0.2, 0.25) is 0 Å². The van der Waals surface area contributed by atoms with Crippen molar-refractivity contribution in [2.45, 2.75) is 116 Å². The SMILES string of the molecule is CCCCCCCCCC(CCCCCCCC)C(OC)(OC)c1ccccc1. The van der Waals surface area contributed by atoms with Crippen LogP contribution in [0.5, 0.6) is 0 Å². The van der Waals surface area contributed by atoms with Crippen molar-refractivity contribution >= 4 is 0 Å². The molecule has 1 atom stereocenters. The zero-order chi connectivity index (χ0) is 21.2. The predicted molar refractivity (Wildman–Crippen MR) is 126 cm³/mol. The maximum Gasteiger partial charge on any atom is 0.197 e. The van der Waals surface area contributed by atoms with Crippen molar-refractivity contribution in [2.24, 2.45) is 5.92 Å². The summed E-state index contributed by atoms with van der Waals surface area (Å²) in [5.74, 6) is -0.214. The van der Waals surface area contributed by atoms with Crippen LogP contribution in [-0.4, -0.2) is 14.2 Å². The van der Waals surface area contributed by atoms with Crippen molar-refractivity contribution in [3.63, 3.8) is 0 Å². The summed E-state index contributed by atoms with van der Waals surface area (Å²) in [4.78, 5) is 0. The van der Waals surface area contributed by atoms with E-state index in [-0.39, 0.29) is 0 Å². The highest BCUT2D eigenvalue weighted by molar-refractivity contribution is 5.21. The molecule has 29 heavy (non-hydrogen) atoms. The van der Waals surface area contributed by atoms with Gasteiger partial charge in [-0.05, 0) is 12.8 Å². The van der Waals surface area contributed by atoms with Crippen molar-refractivity contribution < 1.29 is 9.47 Å². The Morgan fingerprint density at radius 1 is 0.621 bits per heavy atom. The summed E-state index contributed by atoms with van der Waals surface area (Å²) >= 11 is 0. The zero-order valence-corrected chi connectivity index (χ0v) is 19.9. The van der Waals surface area contributed by atoms with Crippen LogP contribution in [0.25, 0.3) is 0 Å². The number of hydrogen-bond acceptors (Lipinski definition) is 2. The van der Waals surface area contributed by atoms with Crippen LogP contribution in [-0.2, 0) is 15.3 Å². The average molecular weight is 405 g/mol. The van der Waals surface area contributed by atoms with Crippen LogP contribution in [0.3, 0.4) is 0 Å². The summed E-state index contributed by atoms with van der Waals surface area (Å²) < 4.78 is 12.2. The third-order valence-corrected chi connectivity index (χ3v) is 6.38. The van der Waals surface area contributed by atoms with Crippen LogP contribution < -0.4 is 0 Å². The van der Waals surface area contributed by atoms with Crippen LogP contribution in [0.4, 0.5) is 0 Å². The van der Waals surface area contributed by atoms with E-state index in [9.17, 15) is 0 Å². The standard InChI is InChI=1S/C27H48O2/c1-5-7-9-11-13-15-18-22-25(21-17-14-12-10-8-6-2)27(28-3,29-4)26-23-19-16-20-24-26/h16,19-20,23-25H,5-15,17-18,21-22H2,1-4H3. The van der Waals surface area contributed by atoms with E-state index in [1.807, 2.05) is 14.2 Å². The van der Waals surface area contributed by atoms with Crippen LogP contribution in [0.15, 0.2) is 30.3 Å². The number of rotatable bonds is 19. The summed E-state index contributed by atoms with van der Waals surface area (Å²) in [5.41, 5.74) is 1.16. The first-order valence-corrected chi connectivity index (χ1v) is 12.4. The lowest BCUT2D eigenvalue weighted by molar-refractivity contribution is -0.253. The highest BCUT2D eigenvalue weighted by Gasteiger charge is 2.40. The lowest BCUT2D eigenvalue weighted by Crippen LogP contribution is -2.39. The van der Waals surface area contributed by atoms with Gasteiger partial charge in [0.2, 0.25) is 0 Å². The van der Waals surface area contributed by atoms with Crippen LogP contribution in [0.1, 0.15) is 116 Å². The monoisotopic (exact) mass is 404 g/mol. The molecule has 0 radical (unpaired) electrons. The summed E-state index contributed by atoms with van der Waals surface area (Å²) in [6, 6.07) is 10.6. The summed E-state index contributed by atoms with van der Waals surface area (Å²) in [5, 5.41) is 0. The molecular formula is C27H48O2. The molecule has 1 aromatic rings. The molecule has 0 aliphatic carbocycles. The molecule has 0 aromatic heterocycles. The molecule has 168 valence electrons. The van der Waals surface area contributed by atoms with Gasteiger partial charge in [0.15, 0.2) is 5.79 Å². The minimum Gasteiger partial charge on any atom is -0.349 e. The van der Waals surface area contributed by atoms with E-state index in [4.69, 9.17) is 9.47 Å². The van der Waals surface area contributed by atoms with Crippen molar-refractivity contribution in [3.05, 3.63) is 35.9 Å². The second kappa shape index (κ2) is 16.9. The molecule has 2 nitrogen and oxygen atoms in total. The minimum atomic E-state index is -0.618. The van der Waals surface area contributed by atoms with Gasteiger partial charge in [-0.2, -0.15) is 0 Å². The molecule has 0 amide bonds. The average Bonchev–Trinajstić information content (AvgIpc) is 2.76. The van der Waals surface area contributed by atoms with Gasteiger partial charge in [0.1, 0.15) is 0 Å². The summed E-state index contributed by atoms with van der Waals surface area (Å²) in [7, 11) is 3.63. The van der Waals surface area contributed by atoms with E-state index in [2.05, 4.69) is 44.2 Å². The Morgan fingerprint density at radius 3 is 1.45 bits per heavy atom. The highest BCUT2D eigenvalue weighted by Crippen LogP contribution is 2.40. The van der Waals surface area contributed by atoms with E-state index in [1.54, 1.807) is 0 Å². The van der Waals surface area contributed by atoms with Crippen molar-refractivity contribution in [1.29, 1.82) is 0 Å². The molecule has 1 rings (SSSR count). The van der Waals surface area contributed by atoms with Crippen molar-refractivity contribution in [1.82, 2.24) is 0 Å². The second-order valence-electron chi connectivity index (χ2n) is 8.61. The molecule has 0 saturated carbocycles. The fourth-order valence-electron chi connectivity index (χ4n) is 4.60. The Bertz CT molecular complexity index is 467. The van der Waals surface area contributed by atoms with E-state index >= 15 is 0 Å². The largest absolute Gasteiger partial charge is 0.349 e. The van der Waals surface area contributed by atoms with Gasteiger partial charge in [0, 0.05) is 25.7 Å². The summed E-state index contributed by atoms with van der Waals surface area (Å²) in [6.45, 7) is 4.56. The molecule has 1 aromatic carbocycles. The Morgan fingerprint density at radius 2 is 1.03 bits per heavy atom. The Balaban J connectivity index is 2.68. The molecule has 0 bridgehead atoms. The van der Waals surface area contributed by atoms with Gasteiger partial charge in [-0.25, -0.2) is 0 Å². The van der Waals surface area contributed by atoms with Gasteiger partial charge in [0.25, 0.3) is 0 Å². The maximum atomic E-state index is 6.12. The quantitative estimate of drug-likeness (QED) is 0.170. The highest BCUT2D eigenvalue weighted by atomic mass is 16.7. The first-order valence-electron chi connectivity index (χ1n) is 12.4. The molecule has 1 unspecified atom stereocenters. The zero-order valence-electron chi connectivity index (χ0n) is 19.9. The number of methoxy groups -OCH3 is 2. The second-order valence-corrected chi connectivity index (χ2v) is 8.61. The molecule has 0 saturated heterocycles. The van der Waals surface area contributed by atoms with E-state index in [0.29, 0.717) is 5.92 Å². The Labute approximate surface area is 181 Å². The molecule has 0 aliphatic heterocycles. The molecule has 0 N–H and O–H groups in total. The maximum absolute atomic E-state index is 6.12. The lowest BCUT2D eigenvalue weighted by Gasteiger charge is -2.39. The molecule has 2 heteroatoms. The summed E-state index contributed by atoms with van der Waals surface area (Å²) in [6.07, 6.45) is 19.8. The van der Waals surface area contributed by atoms with Gasteiger partial charge in [-0.15, -0.1) is 0 Å². The third-order valence-electron chi connectivity index (χ3n) is 6.38. The number of hydrogen-bond donors (Lipinski definition) is 0. The van der Waals surface area contributed by atoms with Crippen LogP contribution >= 0.6 is 0 Å². The van der Waals surface area contributed by atoms with Crippen molar-refractivity contribution in [2.75, 3.05) is 14.2 Å². The van der Waals surface area contributed by atoms with Gasteiger partial charge in [-0.1, -0.05) is 128 Å². The number of ether oxygens (including phenoxy) is 2. The van der Waals surface area contributed by atoms with Crippen LogP contribution in [0, 0.1) is 5.92 Å².